The van der Waals surface area contributed by atoms with Gasteiger partial charge in [-0.2, -0.15) is 10.1 Å². The fourth-order valence-electron chi connectivity index (χ4n) is 2.19. The molecule has 0 saturated carbocycles. The first-order valence-electron chi connectivity index (χ1n) is 7.51. The fraction of sp³-hybridized carbons (Fsp3) is 0.118. The van der Waals surface area contributed by atoms with Crippen molar-refractivity contribution >= 4 is 52.3 Å². The second-order valence-corrected chi connectivity index (χ2v) is 6.42. The number of halogens is 3. The van der Waals surface area contributed by atoms with Crippen LogP contribution in [0.15, 0.2) is 48.7 Å². The normalized spacial score (nSPS) is 10.5. The van der Waals surface area contributed by atoms with Gasteiger partial charge in [0.15, 0.2) is 5.82 Å². The van der Waals surface area contributed by atoms with Crippen LogP contribution >= 0.6 is 34.8 Å². The fourth-order valence-corrected chi connectivity index (χ4v) is 2.75. The number of nitrogens with one attached hydrogen (secondary N) is 2. The van der Waals surface area contributed by atoms with Crippen molar-refractivity contribution in [1.29, 1.82) is 0 Å². The number of aromatic nitrogens is 3. The third kappa shape index (κ3) is 4.95. The van der Waals surface area contributed by atoms with Crippen molar-refractivity contribution in [2.45, 2.75) is 6.42 Å². The Labute approximate surface area is 160 Å². The number of hydrogen-bond donors (Lipinski definition) is 2. The molecule has 0 fully saturated rings. The topological polar surface area (TPSA) is 62.7 Å². The molecular weight excluding hydrogens is 381 g/mol. The summed E-state index contributed by atoms with van der Waals surface area (Å²) in [5, 5.41) is 15.7. The smallest absolute Gasteiger partial charge is 0.244 e. The summed E-state index contributed by atoms with van der Waals surface area (Å²) >= 11 is 18.1. The number of hydrogen-bond acceptors (Lipinski definition) is 5. The molecule has 8 heteroatoms. The van der Waals surface area contributed by atoms with E-state index in [1.165, 1.54) is 6.20 Å². The molecule has 0 unspecified atom stereocenters. The summed E-state index contributed by atoms with van der Waals surface area (Å²) in [6.45, 7) is 0.656. The molecule has 25 heavy (non-hydrogen) atoms. The van der Waals surface area contributed by atoms with Crippen molar-refractivity contribution in [1.82, 2.24) is 15.2 Å². The van der Waals surface area contributed by atoms with E-state index < -0.39 is 0 Å². The predicted octanol–water partition coefficient (Wildman–Crippen LogP) is 5.23. The van der Waals surface area contributed by atoms with Gasteiger partial charge in [-0.25, -0.2) is 0 Å². The molecule has 2 aromatic carbocycles. The van der Waals surface area contributed by atoms with Gasteiger partial charge >= 0.3 is 0 Å². The minimum atomic E-state index is 0.421. The van der Waals surface area contributed by atoms with E-state index in [1.807, 2.05) is 30.3 Å². The van der Waals surface area contributed by atoms with Gasteiger partial charge in [0.1, 0.15) is 0 Å². The van der Waals surface area contributed by atoms with Crippen LogP contribution in [-0.4, -0.2) is 21.7 Å². The molecule has 3 aromatic rings. The summed E-state index contributed by atoms with van der Waals surface area (Å²) in [7, 11) is 0. The van der Waals surface area contributed by atoms with E-state index in [1.54, 1.807) is 12.1 Å². The van der Waals surface area contributed by atoms with Crippen molar-refractivity contribution in [3.05, 3.63) is 69.3 Å². The molecule has 0 bridgehead atoms. The van der Waals surface area contributed by atoms with E-state index in [2.05, 4.69) is 25.8 Å². The number of benzene rings is 2. The second kappa shape index (κ2) is 8.34. The Morgan fingerprint density at radius 1 is 1.00 bits per heavy atom. The Morgan fingerprint density at radius 2 is 1.84 bits per heavy atom. The molecule has 1 heterocycles. The monoisotopic (exact) mass is 393 g/mol. The molecule has 0 amide bonds. The van der Waals surface area contributed by atoms with Crippen LogP contribution in [-0.2, 0) is 6.42 Å². The lowest BCUT2D eigenvalue weighted by atomic mass is 10.1. The standard InChI is InChI=1S/C17H14Cl3N5/c18-12-4-1-3-11(9-12)7-8-21-17-24-15(10-22-25-17)23-14-6-2-5-13(19)16(14)20/h1-6,9-10H,7-8H2,(H2,21,23,24,25). The maximum atomic E-state index is 6.16. The lowest BCUT2D eigenvalue weighted by Crippen LogP contribution is -2.09. The first kappa shape index (κ1) is 17.7. The van der Waals surface area contributed by atoms with Crippen LogP contribution in [0.25, 0.3) is 0 Å². The Hall–Kier alpha value is -2.08. The summed E-state index contributed by atoms with van der Waals surface area (Å²) in [4.78, 5) is 4.36. The van der Waals surface area contributed by atoms with Gasteiger partial charge in [-0.15, -0.1) is 5.10 Å². The highest BCUT2D eigenvalue weighted by molar-refractivity contribution is 6.43. The van der Waals surface area contributed by atoms with Crippen LogP contribution in [0, 0.1) is 0 Å². The maximum absolute atomic E-state index is 6.16. The Kier molecular flexibility index (Phi) is 5.91. The molecule has 3 rings (SSSR count). The van der Waals surface area contributed by atoms with E-state index in [4.69, 9.17) is 34.8 Å². The van der Waals surface area contributed by atoms with Crippen molar-refractivity contribution in [3.8, 4) is 0 Å². The Bertz CT molecular complexity index is 872. The second-order valence-electron chi connectivity index (χ2n) is 5.20. The highest BCUT2D eigenvalue weighted by atomic mass is 35.5. The first-order chi connectivity index (χ1) is 12.1. The van der Waals surface area contributed by atoms with Crippen LogP contribution in [0.4, 0.5) is 17.5 Å². The van der Waals surface area contributed by atoms with Crippen LogP contribution in [0.1, 0.15) is 5.56 Å². The molecule has 0 radical (unpaired) electrons. The van der Waals surface area contributed by atoms with Gasteiger partial charge < -0.3 is 10.6 Å². The van der Waals surface area contributed by atoms with Gasteiger partial charge in [-0.1, -0.05) is 53.0 Å². The number of anilines is 3. The van der Waals surface area contributed by atoms with E-state index in [0.717, 1.165) is 17.0 Å². The highest BCUT2D eigenvalue weighted by Crippen LogP contribution is 2.31. The molecule has 1 aromatic heterocycles. The molecule has 0 saturated heterocycles. The van der Waals surface area contributed by atoms with Crippen molar-refractivity contribution in [2.75, 3.05) is 17.2 Å². The number of nitrogens with zero attached hydrogens (tertiary/aromatic N) is 3. The zero-order chi connectivity index (χ0) is 17.6. The molecule has 0 atom stereocenters. The van der Waals surface area contributed by atoms with E-state index >= 15 is 0 Å². The van der Waals surface area contributed by atoms with Gasteiger partial charge in [0, 0.05) is 11.6 Å². The lowest BCUT2D eigenvalue weighted by molar-refractivity contribution is 0.929. The van der Waals surface area contributed by atoms with Crippen LogP contribution in [0.2, 0.25) is 15.1 Å². The zero-order valence-electron chi connectivity index (χ0n) is 13.0. The van der Waals surface area contributed by atoms with Gasteiger partial charge in [0.25, 0.3) is 0 Å². The zero-order valence-corrected chi connectivity index (χ0v) is 15.3. The molecule has 0 aliphatic heterocycles. The van der Waals surface area contributed by atoms with Crippen molar-refractivity contribution in [2.24, 2.45) is 0 Å². The van der Waals surface area contributed by atoms with E-state index in [0.29, 0.717) is 34.0 Å². The third-order valence-electron chi connectivity index (χ3n) is 3.36. The highest BCUT2D eigenvalue weighted by Gasteiger charge is 2.06. The molecule has 0 aliphatic carbocycles. The van der Waals surface area contributed by atoms with Gasteiger partial charge in [-0.3, -0.25) is 0 Å². The first-order valence-corrected chi connectivity index (χ1v) is 8.64. The summed E-state index contributed by atoms with van der Waals surface area (Å²) in [5.74, 6) is 0.939. The van der Waals surface area contributed by atoms with Gasteiger partial charge in [-0.05, 0) is 36.2 Å². The van der Waals surface area contributed by atoms with Crippen LogP contribution in [0.5, 0.6) is 0 Å². The van der Waals surface area contributed by atoms with Gasteiger partial charge in [0.2, 0.25) is 5.95 Å². The van der Waals surface area contributed by atoms with Crippen LogP contribution < -0.4 is 10.6 Å². The van der Waals surface area contributed by atoms with E-state index in [9.17, 15) is 0 Å². The lowest BCUT2D eigenvalue weighted by Gasteiger charge is -2.09. The van der Waals surface area contributed by atoms with Crippen molar-refractivity contribution < 1.29 is 0 Å². The number of rotatable bonds is 6. The molecule has 0 spiro atoms. The maximum Gasteiger partial charge on any atom is 0.244 e. The summed E-state index contributed by atoms with van der Waals surface area (Å²) < 4.78 is 0. The molecule has 128 valence electrons. The minimum Gasteiger partial charge on any atom is -0.353 e. The quantitative estimate of drug-likeness (QED) is 0.599. The largest absolute Gasteiger partial charge is 0.353 e. The Balaban J connectivity index is 1.62. The average Bonchev–Trinajstić information content (AvgIpc) is 2.60. The third-order valence-corrected chi connectivity index (χ3v) is 4.41. The average molecular weight is 395 g/mol. The van der Waals surface area contributed by atoms with E-state index in [-0.39, 0.29) is 0 Å². The van der Waals surface area contributed by atoms with Crippen LogP contribution in [0.3, 0.4) is 0 Å². The SMILES string of the molecule is Clc1cccc(CCNc2nncc(Nc3cccc(Cl)c3Cl)n2)c1. The molecule has 0 aliphatic rings. The van der Waals surface area contributed by atoms with Crippen molar-refractivity contribution in [3.63, 3.8) is 0 Å². The summed E-state index contributed by atoms with van der Waals surface area (Å²) in [5.41, 5.74) is 1.78. The molecule has 5 nitrogen and oxygen atoms in total. The van der Waals surface area contributed by atoms with Gasteiger partial charge in [0.05, 0.1) is 21.9 Å². The molecular formula is C17H14Cl3N5. The Morgan fingerprint density at radius 3 is 2.68 bits per heavy atom. The minimum absolute atomic E-state index is 0.421. The predicted molar refractivity (Wildman–Crippen MR) is 103 cm³/mol. The molecule has 2 N–H and O–H groups in total. The summed E-state index contributed by atoms with van der Waals surface area (Å²) in [6, 6.07) is 13.1. The summed E-state index contributed by atoms with van der Waals surface area (Å²) in [6.07, 6.45) is 2.31.